The van der Waals surface area contributed by atoms with Gasteiger partial charge in [0, 0.05) is 16.3 Å². The molecule has 0 aliphatic carbocycles. The molecule has 5 heteroatoms. The van der Waals surface area contributed by atoms with E-state index in [4.69, 9.17) is 4.74 Å². The van der Waals surface area contributed by atoms with E-state index in [9.17, 15) is 9.59 Å². The second-order valence-corrected chi connectivity index (χ2v) is 7.41. The Morgan fingerprint density at radius 1 is 1.12 bits per heavy atom. The standard InChI is InChI=1S/C21H21NO3S/c1-12-8-13(2)10-16(9-12)22-15(4)19(21(24)25-5)20(23)17(22)11-18-14(3)6-7-26-18/h6-11H,1-5H3/b17-11-. The van der Waals surface area contributed by atoms with Crippen molar-refractivity contribution in [2.45, 2.75) is 27.7 Å². The molecule has 0 fully saturated rings. The van der Waals surface area contributed by atoms with E-state index in [2.05, 4.69) is 6.07 Å². The van der Waals surface area contributed by atoms with Crippen LogP contribution in [0.3, 0.4) is 0 Å². The third-order valence-corrected chi connectivity index (χ3v) is 5.39. The Bertz CT molecular complexity index is 945. The van der Waals surface area contributed by atoms with E-state index in [0.717, 1.165) is 27.3 Å². The van der Waals surface area contributed by atoms with Gasteiger partial charge in [0.15, 0.2) is 0 Å². The first-order chi connectivity index (χ1) is 12.3. The highest BCUT2D eigenvalue weighted by Crippen LogP contribution is 2.37. The van der Waals surface area contributed by atoms with Gasteiger partial charge in [0.2, 0.25) is 5.78 Å². The average molecular weight is 367 g/mol. The van der Waals surface area contributed by atoms with Gasteiger partial charge >= 0.3 is 5.97 Å². The SMILES string of the molecule is COC(=O)C1=C(C)N(c2cc(C)cc(C)c2)/C(=C\c2sccc2C)C1=O. The van der Waals surface area contributed by atoms with Gasteiger partial charge in [-0.2, -0.15) is 0 Å². The summed E-state index contributed by atoms with van der Waals surface area (Å²) in [7, 11) is 1.29. The number of benzene rings is 1. The van der Waals surface area contributed by atoms with Crippen LogP contribution in [0.15, 0.2) is 46.6 Å². The van der Waals surface area contributed by atoms with Crippen molar-refractivity contribution in [2.75, 3.05) is 12.0 Å². The van der Waals surface area contributed by atoms with Gasteiger partial charge in [0.1, 0.15) is 5.57 Å². The number of anilines is 1. The molecule has 4 nitrogen and oxygen atoms in total. The lowest BCUT2D eigenvalue weighted by atomic mass is 10.1. The summed E-state index contributed by atoms with van der Waals surface area (Å²) in [6, 6.07) is 8.12. The molecule has 0 saturated carbocycles. The summed E-state index contributed by atoms with van der Waals surface area (Å²) < 4.78 is 4.84. The summed E-state index contributed by atoms with van der Waals surface area (Å²) in [6.45, 7) is 7.82. The molecular formula is C21H21NO3S. The maximum Gasteiger partial charge on any atom is 0.343 e. The summed E-state index contributed by atoms with van der Waals surface area (Å²) in [5.74, 6) is -0.908. The van der Waals surface area contributed by atoms with E-state index < -0.39 is 5.97 Å². The van der Waals surface area contributed by atoms with Crippen molar-refractivity contribution in [1.29, 1.82) is 0 Å². The summed E-state index contributed by atoms with van der Waals surface area (Å²) in [6.07, 6.45) is 1.86. The number of methoxy groups -OCH3 is 1. The Kier molecular flexibility index (Phi) is 4.83. The van der Waals surface area contributed by atoms with Crippen molar-refractivity contribution in [3.63, 3.8) is 0 Å². The van der Waals surface area contributed by atoms with E-state index >= 15 is 0 Å². The molecule has 1 aliphatic heterocycles. The fraction of sp³-hybridized carbons (Fsp3) is 0.238. The third-order valence-electron chi connectivity index (χ3n) is 4.42. The fourth-order valence-electron chi connectivity index (χ4n) is 3.23. The number of esters is 1. The number of allylic oxidation sites excluding steroid dienone is 2. The van der Waals surface area contributed by atoms with E-state index in [-0.39, 0.29) is 11.4 Å². The number of ketones is 1. The van der Waals surface area contributed by atoms with Crippen molar-refractivity contribution >= 4 is 34.9 Å². The van der Waals surface area contributed by atoms with Gasteiger partial charge in [-0.15, -0.1) is 11.3 Å². The Labute approximate surface area is 157 Å². The molecule has 1 aromatic heterocycles. The molecule has 0 saturated heterocycles. The van der Waals surface area contributed by atoms with Gasteiger partial charge < -0.3 is 9.64 Å². The Morgan fingerprint density at radius 2 is 1.77 bits per heavy atom. The van der Waals surface area contributed by atoms with Crippen LogP contribution in [0.25, 0.3) is 6.08 Å². The number of nitrogens with zero attached hydrogens (tertiary/aromatic N) is 1. The lowest BCUT2D eigenvalue weighted by molar-refractivity contribution is -0.137. The summed E-state index contributed by atoms with van der Waals surface area (Å²) >= 11 is 1.57. The number of hydrogen-bond donors (Lipinski definition) is 0. The first kappa shape index (κ1) is 18.1. The molecule has 0 bridgehead atoms. The highest BCUT2D eigenvalue weighted by molar-refractivity contribution is 7.11. The quantitative estimate of drug-likeness (QED) is 0.454. The number of Topliss-reactive ketones (excluding diaryl/α,β-unsaturated/α-hetero) is 1. The van der Waals surface area contributed by atoms with E-state index in [1.165, 1.54) is 7.11 Å². The fourth-order valence-corrected chi connectivity index (χ4v) is 4.08. The second-order valence-electron chi connectivity index (χ2n) is 6.46. The molecule has 0 N–H and O–H groups in total. The maximum absolute atomic E-state index is 13.0. The molecule has 26 heavy (non-hydrogen) atoms. The minimum absolute atomic E-state index is 0.0899. The number of aryl methyl sites for hydroxylation is 3. The smallest absolute Gasteiger partial charge is 0.343 e. The third kappa shape index (κ3) is 3.10. The number of ether oxygens (including phenoxy) is 1. The first-order valence-electron chi connectivity index (χ1n) is 8.31. The van der Waals surface area contributed by atoms with Crippen molar-refractivity contribution in [2.24, 2.45) is 0 Å². The summed E-state index contributed by atoms with van der Waals surface area (Å²) in [5.41, 5.74) is 5.31. The average Bonchev–Trinajstić information content (AvgIpc) is 3.08. The molecule has 0 radical (unpaired) electrons. The minimum atomic E-state index is -0.604. The van der Waals surface area contributed by atoms with Gasteiger partial charge in [-0.3, -0.25) is 4.79 Å². The lowest BCUT2D eigenvalue weighted by Gasteiger charge is -2.22. The molecule has 2 aromatic rings. The number of hydrogen-bond acceptors (Lipinski definition) is 5. The molecule has 134 valence electrons. The first-order valence-corrected chi connectivity index (χ1v) is 9.19. The molecule has 0 spiro atoms. The molecule has 0 amide bonds. The van der Waals surface area contributed by atoms with Crippen LogP contribution in [-0.4, -0.2) is 18.9 Å². The van der Waals surface area contributed by atoms with Crippen LogP contribution in [0.1, 0.15) is 28.5 Å². The van der Waals surface area contributed by atoms with Crippen molar-refractivity contribution in [3.05, 3.63) is 68.2 Å². The predicted octanol–water partition coefficient (Wildman–Crippen LogP) is 4.55. The Morgan fingerprint density at radius 3 is 2.31 bits per heavy atom. The number of rotatable bonds is 3. The molecule has 1 aliphatic rings. The Hall–Kier alpha value is -2.66. The van der Waals surface area contributed by atoms with E-state index in [0.29, 0.717) is 11.4 Å². The normalized spacial score (nSPS) is 16.0. The number of carbonyl (C=O) groups is 2. The van der Waals surface area contributed by atoms with Gasteiger partial charge in [0.25, 0.3) is 0 Å². The minimum Gasteiger partial charge on any atom is -0.465 e. The molecule has 2 heterocycles. The van der Waals surface area contributed by atoms with Crippen LogP contribution < -0.4 is 4.90 Å². The molecule has 0 unspecified atom stereocenters. The zero-order valence-electron chi connectivity index (χ0n) is 15.5. The van der Waals surface area contributed by atoms with Crippen LogP contribution in [0.2, 0.25) is 0 Å². The number of thiophene rings is 1. The zero-order valence-corrected chi connectivity index (χ0v) is 16.4. The summed E-state index contributed by atoms with van der Waals surface area (Å²) in [5, 5.41) is 1.99. The lowest BCUT2D eigenvalue weighted by Crippen LogP contribution is -2.18. The summed E-state index contributed by atoms with van der Waals surface area (Å²) in [4.78, 5) is 28.1. The highest BCUT2D eigenvalue weighted by Gasteiger charge is 2.38. The molecule has 0 atom stereocenters. The van der Waals surface area contributed by atoms with E-state index in [1.807, 2.05) is 55.3 Å². The zero-order chi connectivity index (χ0) is 19.0. The van der Waals surface area contributed by atoms with Crippen molar-refractivity contribution < 1.29 is 14.3 Å². The molecule has 3 rings (SSSR count). The van der Waals surface area contributed by atoms with Crippen LogP contribution in [0.5, 0.6) is 0 Å². The van der Waals surface area contributed by atoms with Crippen molar-refractivity contribution in [1.82, 2.24) is 0 Å². The van der Waals surface area contributed by atoms with Gasteiger partial charge in [0.05, 0.1) is 12.8 Å². The number of carbonyl (C=O) groups excluding carboxylic acids is 2. The van der Waals surface area contributed by atoms with Crippen LogP contribution >= 0.6 is 11.3 Å². The molecule has 1 aromatic carbocycles. The van der Waals surface area contributed by atoms with Gasteiger partial charge in [-0.05, 0) is 74.0 Å². The topological polar surface area (TPSA) is 46.6 Å². The predicted molar refractivity (Wildman–Crippen MR) is 105 cm³/mol. The maximum atomic E-state index is 13.0. The largest absolute Gasteiger partial charge is 0.465 e. The van der Waals surface area contributed by atoms with E-state index in [1.54, 1.807) is 18.3 Å². The van der Waals surface area contributed by atoms with Crippen LogP contribution in [0.4, 0.5) is 5.69 Å². The highest BCUT2D eigenvalue weighted by atomic mass is 32.1. The monoisotopic (exact) mass is 367 g/mol. The molecular weight excluding hydrogens is 346 g/mol. The van der Waals surface area contributed by atoms with Crippen LogP contribution in [0, 0.1) is 20.8 Å². The van der Waals surface area contributed by atoms with Gasteiger partial charge in [-0.1, -0.05) is 6.07 Å². The van der Waals surface area contributed by atoms with Gasteiger partial charge in [-0.25, -0.2) is 4.79 Å². The second kappa shape index (κ2) is 6.92. The Balaban J connectivity index is 2.22. The van der Waals surface area contributed by atoms with Crippen LogP contribution in [-0.2, 0) is 14.3 Å². The van der Waals surface area contributed by atoms with Crippen molar-refractivity contribution in [3.8, 4) is 0 Å².